The molecule has 0 amide bonds. The Bertz CT molecular complexity index is 1140. The highest BCUT2D eigenvalue weighted by atomic mass is 28.4. The average molecular weight is 823 g/mol. The van der Waals surface area contributed by atoms with E-state index in [9.17, 15) is 4.79 Å². The number of unbranched alkanes of at least 4 members (excludes halogenated alkanes) is 11. The maximum Gasteiger partial charge on any atom is 0.334 e. The van der Waals surface area contributed by atoms with E-state index in [1.165, 1.54) is 70.6 Å². The van der Waals surface area contributed by atoms with Gasteiger partial charge in [0, 0.05) is 32.3 Å². The molecule has 9 nitrogen and oxygen atoms in total. The quantitative estimate of drug-likeness (QED) is 0.0216. The number of esters is 1. The number of cyclic esters (lactones) is 1. The van der Waals surface area contributed by atoms with Gasteiger partial charge in [0.2, 0.25) is 0 Å². The minimum Gasteiger partial charge on any atom is -0.455 e. The van der Waals surface area contributed by atoms with Crippen LogP contribution in [0.5, 0.6) is 0 Å². The van der Waals surface area contributed by atoms with E-state index in [1.54, 1.807) is 14.2 Å². The van der Waals surface area contributed by atoms with E-state index in [0.717, 1.165) is 69.8 Å². The third-order valence-corrected chi connectivity index (χ3v) is 17.2. The number of methoxy groups -OCH3 is 2. The van der Waals surface area contributed by atoms with E-state index in [2.05, 4.69) is 52.9 Å². The molecule has 0 saturated carbocycles. The first-order valence-electron chi connectivity index (χ1n) is 23.1. The van der Waals surface area contributed by atoms with E-state index < -0.39 is 8.32 Å². The highest BCUT2D eigenvalue weighted by Gasteiger charge is 2.42. The molecule has 0 bridgehead atoms. The fourth-order valence-corrected chi connectivity index (χ4v) is 9.71. The van der Waals surface area contributed by atoms with Crippen molar-refractivity contribution < 1.29 is 42.4 Å². The van der Waals surface area contributed by atoms with Gasteiger partial charge in [-0.25, -0.2) is 4.79 Å². The molecule has 3 aliphatic heterocycles. The second-order valence-corrected chi connectivity index (χ2v) is 23.4. The Morgan fingerprint density at radius 2 is 1.26 bits per heavy atom. The Morgan fingerprint density at radius 3 is 1.81 bits per heavy atom. The molecule has 0 unspecified atom stereocenters. The Labute approximate surface area is 350 Å². The van der Waals surface area contributed by atoms with Crippen molar-refractivity contribution in [1.82, 2.24) is 0 Å². The van der Waals surface area contributed by atoms with Crippen LogP contribution in [-0.2, 0) is 42.4 Å². The van der Waals surface area contributed by atoms with Gasteiger partial charge < -0.3 is 37.6 Å². The van der Waals surface area contributed by atoms with Crippen molar-refractivity contribution in [3.8, 4) is 0 Å². The van der Waals surface area contributed by atoms with E-state index in [4.69, 9.17) is 37.6 Å². The molecule has 0 spiro atoms. The molecule has 0 aromatic rings. The number of carbonyl (C=O) groups is 1. The second-order valence-electron chi connectivity index (χ2n) is 18.6. The van der Waals surface area contributed by atoms with Gasteiger partial charge in [0.15, 0.2) is 8.32 Å². The molecule has 332 valence electrons. The molecular weight excluding hydrogens is 737 g/mol. The largest absolute Gasteiger partial charge is 0.455 e. The summed E-state index contributed by atoms with van der Waals surface area (Å²) in [7, 11) is 1.42. The fraction of sp³-hybridized carbons (Fsp3) is 0.894. The Balaban J connectivity index is 1.35. The van der Waals surface area contributed by atoms with Crippen LogP contribution < -0.4 is 0 Å². The smallest absolute Gasteiger partial charge is 0.334 e. The van der Waals surface area contributed by atoms with Gasteiger partial charge in [-0.2, -0.15) is 0 Å². The van der Waals surface area contributed by atoms with Gasteiger partial charge in [-0.3, -0.25) is 0 Å². The zero-order valence-corrected chi connectivity index (χ0v) is 39.0. The van der Waals surface area contributed by atoms with Crippen LogP contribution in [0.15, 0.2) is 23.8 Å². The van der Waals surface area contributed by atoms with Crippen LogP contribution in [-0.4, -0.2) is 90.9 Å². The van der Waals surface area contributed by atoms with E-state index in [0.29, 0.717) is 13.2 Å². The molecule has 3 heterocycles. The van der Waals surface area contributed by atoms with Crippen LogP contribution in [0, 0.1) is 0 Å². The van der Waals surface area contributed by atoms with Crippen molar-refractivity contribution in [3.05, 3.63) is 23.8 Å². The highest BCUT2D eigenvalue weighted by molar-refractivity contribution is 6.74. The fourth-order valence-electron chi connectivity index (χ4n) is 8.32. The molecule has 3 rings (SSSR count). The minimum atomic E-state index is -1.95. The van der Waals surface area contributed by atoms with Crippen LogP contribution in [0.25, 0.3) is 0 Å². The zero-order chi connectivity index (χ0) is 41.5. The summed E-state index contributed by atoms with van der Waals surface area (Å²) in [5.41, 5.74) is 0.781. The summed E-state index contributed by atoms with van der Waals surface area (Å²) in [4.78, 5) is 12.4. The third-order valence-electron chi connectivity index (χ3n) is 12.7. The lowest BCUT2D eigenvalue weighted by molar-refractivity contribution is -0.157. The van der Waals surface area contributed by atoms with E-state index in [-0.39, 0.29) is 66.6 Å². The van der Waals surface area contributed by atoms with Crippen molar-refractivity contribution in [2.75, 3.05) is 27.8 Å². The van der Waals surface area contributed by atoms with Gasteiger partial charge in [-0.1, -0.05) is 110 Å². The summed E-state index contributed by atoms with van der Waals surface area (Å²) in [6.45, 7) is 16.2. The molecule has 8 atom stereocenters. The molecule has 2 saturated heterocycles. The van der Waals surface area contributed by atoms with Crippen LogP contribution in [0.4, 0.5) is 0 Å². The molecule has 2 fully saturated rings. The maximum absolute atomic E-state index is 12.4. The SMILES string of the molecule is CCCCCCCCCC[C@@H](OCOC)[C@H]1CC[C@H]([C@H]2CC[C@H]([C@@H](CC/C=C/CCCCCC[C@H](CC3=C[C@H](C)OC3=O)O[Si](C)(C)C(C)(C)C)OCOC)O2)O1. The van der Waals surface area contributed by atoms with Gasteiger partial charge in [0.25, 0.3) is 0 Å². The van der Waals surface area contributed by atoms with Crippen molar-refractivity contribution >= 4 is 14.3 Å². The molecule has 0 aromatic heterocycles. The van der Waals surface area contributed by atoms with Crippen molar-refractivity contribution in [2.24, 2.45) is 0 Å². The average Bonchev–Trinajstić information content (AvgIpc) is 3.92. The Kier molecular flexibility index (Phi) is 24.4. The lowest BCUT2D eigenvalue weighted by Crippen LogP contribution is -2.44. The molecule has 3 aliphatic rings. The second kappa shape index (κ2) is 27.7. The predicted molar refractivity (Wildman–Crippen MR) is 233 cm³/mol. The summed E-state index contributed by atoms with van der Waals surface area (Å²) in [6.07, 6.45) is 31.7. The van der Waals surface area contributed by atoms with Crippen LogP contribution in [0.1, 0.15) is 176 Å². The number of ether oxygens (including phenoxy) is 7. The van der Waals surface area contributed by atoms with Gasteiger partial charge >= 0.3 is 5.97 Å². The van der Waals surface area contributed by atoms with Crippen LogP contribution in [0.3, 0.4) is 0 Å². The summed E-state index contributed by atoms with van der Waals surface area (Å²) in [5, 5.41) is 0.128. The van der Waals surface area contributed by atoms with Crippen molar-refractivity contribution in [3.63, 3.8) is 0 Å². The summed E-state index contributed by atoms with van der Waals surface area (Å²) in [6, 6.07) is 0. The summed E-state index contributed by atoms with van der Waals surface area (Å²) >= 11 is 0. The number of rotatable bonds is 32. The number of allylic oxidation sites excluding steroid dienone is 2. The monoisotopic (exact) mass is 823 g/mol. The lowest BCUT2D eigenvalue weighted by atomic mass is 10.0. The van der Waals surface area contributed by atoms with E-state index in [1.807, 2.05) is 13.0 Å². The molecule has 0 radical (unpaired) electrons. The normalized spacial score (nSPS) is 24.7. The molecule has 0 aliphatic carbocycles. The number of hydrogen-bond acceptors (Lipinski definition) is 9. The molecule has 10 heteroatoms. The first-order valence-corrected chi connectivity index (χ1v) is 26.1. The summed E-state index contributed by atoms with van der Waals surface area (Å²) < 4.78 is 48.5. The Hall–Kier alpha value is -1.11. The Morgan fingerprint density at radius 1 is 0.737 bits per heavy atom. The first kappa shape index (κ1) is 50.2. The highest BCUT2D eigenvalue weighted by Crippen LogP contribution is 2.39. The minimum absolute atomic E-state index is 0.00288. The summed E-state index contributed by atoms with van der Waals surface area (Å²) in [5.74, 6) is -0.177. The predicted octanol–water partition coefficient (Wildman–Crippen LogP) is 11.9. The zero-order valence-electron chi connectivity index (χ0n) is 38.0. The van der Waals surface area contributed by atoms with Gasteiger partial charge in [-0.15, -0.1) is 0 Å². The van der Waals surface area contributed by atoms with Crippen LogP contribution in [0.2, 0.25) is 18.1 Å². The molecule has 0 N–H and O–H groups in total. The van der Waals surface area contributed by atoms with Crippen molar-refractivity contribution in [1.29, 1.82) is 0 Å². The lowest BCUT2D eigenvalue weighted by Gasteiger charge is -2.39. The first-order chi connectivity index (χ1) is 27.4. The standard InChI is InChI=1S/C47H86O9Si/c1-10-11-12-13-14-18-21-24-27-40(51-35-49-6)42-29-31-44(54-42)45-32-30-43(55-45)41(52-36-50-7)28-25-22-19-16-15-17-20-23-26-39(56-57(8,9)47(3,4)5)34-38-33-37(2)53-46(38)48/h19,22,33,37,39-45H,10-18,20-21,23-32,34-36H2,1-9H3/b22-19+/t37-,39+,40+,41+,42+,43+,44+,45+/m0/s1. The van der Waals surface area contributed by atoms with Gasteiger partial charge in [0.05, 0.1) is 36.6 Å². The molecular formula is C47H86O9Si. The maximum atomic E-state index is 12.4. The topological polar surface area (TPSA) is 90.9 Å². The van der Waals surface area contributed by atoms with E-state index >= 15 is 0 Å². The van der Waals surface area contributed by atoms with Gasteiger partial charge in [-0.05, 0) is 95.3 Å². The van der Waals surface area contributed by atoms with Crippen molar-refractivity contribution in [2.45, 2.75) is 243 Å². The van der Waals surface area contributed by atoms with Crippen LogP contribution >= 0.6 is 0 Å². The van der Waals surface area contributed by atoms with Gasteiger partial charge in [0.1, 0.15) is 19.7 Å². The number of carbonyl (C=O) groups excluding carboxylic acids is 1. The third kappa shape index (κ3) is 19.0. The molecule has 0 aromatic carbocycles. The molecule has 57 heavy (non-hydrogen) atoms. The number of hydrogen-bond donors (Lipinski definition) is 0.